The molecule has 0 spiro atoms. The van der Waals surface area contributed by atoms with E-state index in [1.165, 1.54) is 0 Å². The van der Waals surface area contributed by atoms with Crippen molar-refractivity contribution in [2.75, 3.05) is 11.8 Å². The lowest BCUT2D eigenvalue weighted by molar-refractivity contribution is 0.500. The van der Waals surface area contributed by atoms with E-state index in [1.807, 2.05) is 6.92 Å². The van der Waals surface area contributed by atoms with E-state index in [4.69, 9.17) is 23.2 Å². The summed E-state index contributed by atoms with van der Waals surface area (Å²) in [5, 5.41) is 0. The molecule has 1 aromatic rings. The Morgan fingerprint density at radius 1 is 1.18 bits per heavy atom. The van der Waals surface area contributed by atoms with Gasteiger partial charge in [-0.2, -0.15) is 0 Å². The third kappa shape index (κ3) is 3.85. The summed E-state index contributed by atoms with van der Waals surface area (Å²) in [5.74, 6) is 0.225. The maximum Gasteiger partial charge on any atom is 0.241 e. The largest absolute Gasteiger partial charge is 0.241 e. The van der Waals surface area contributed by atoms with Crippen LogP contribution in [0.1, 0.15) is 12.5 Å². The lowest BCUT2D eigenvalue weighted by Crippen LogP contribution is -2.49. The first kappa shape index (κ1) is 14.8. The number of benzene rings is 1. The fourth-order valence-corrected chi connectivity index (χ4v) is 3.17. The molecular weight excluding hydrogens is 281 g/mol. The molecule has 0 aliphatic rings. The van der Waals surface area contributed by atoms with Crippen LogP contribution in [0.4, 0.5) is 0 Å². The number of hydrogen-bond acceptors (Lipinski definition) is 2. The highest BCUT2D eigenvalue weighted by Crippen LogP contribution is 2.16. The zero-order valence-corrected chi connectivity index (χ0v) is 12.0. The molecule has 0 amide bonds. The molecule has 1 N–H and O–H groups in total. The quantitative estimate of drug-likeness (QED) is 0.849. The average Bonchev–Trinajstić information content (AvgIpc) is 2.29. The molecule has 0 aliphatic heterocycles. The van der Waals surface area contributed by atoms with Crippen molar-refractivity contribution in [3.05, 3.63) is 29.8 Å². The molecule has 0 radical (unpaired) electrons. The van der Waals surface area contributed by atoms with Crippen LogP contribution in [0.5, 0.6) is 0 Å². The smallest absolute Gasteiger partial charge is 0.207 e. The van der Waals surface area contributed by atoms with Crippen molar-refractivity contribution in [1.82, 2.24) is 4.72 Å². The summed E-state index contributed by atoms with van der Waals surface area (Å²) in [7, 11) is -3.58. The average molecular weight is 296 g/mol. The Morgan fingerprint density at radius 3 is 2.06 bits per heavy atom. The van der Waals surface area contributed by atoms with Gasteiger partial charge in [-0.25, -0.2) is 13.1 Å². The Morgan fingerprint density at radius 2 is 1.65 bits per heavy atom. The van der Waals surface area contributed by atoms with Crippen molar-refractivity contribution in [2.24, 2.45) is 0 Å². The second-order valence-corrected chi connectivity index (χ2v) is 6.46. The minimum atomic E-state index is -3.58. The number of nitrogens with one attached hydrogen (secondary N) is 1. The van der Waals surface area contributed by atoms with Crippen molar-refractivity contribution in [3.8, 4) is 0 Å². The monoisotopic (exact) mass is 295 g/mol. The van der Waals surface area contributed by atoms with Crippen molar-refractivity contribution < 1.29 is 8.42 Å². The van der Waals surface area contributed by atoms with E-state index in [-0.39, 0.29) is 16.7 Å². The summed E-state index contributed by atoms with van der Waals surface area (Å²) in [6, 6.07) is 6.60. The fourth-order valence-electron chi connectivity index (χ4n) is 1.19. The lowest BCUT2D eigenvalue weighted by Gasteiger charge is -2.25. The van der Waals surface area contributed by atoms with Gasteiger partial charge in [0.25, 0.3) is 0 Å². The third-order valence-corrected chi connectivity index (χ3v) is 5.14. The molecule has 96 valence electrons. The molecular formula is C11H15Cl2NO2S. The lowest BCUT2D eigenvalue weighted by atomic mass is 10.1. The first-order valence-electron chi connectivity index (χ1n) is 5.05. The van der Waals surface area contributed by atoms with Crippen LogP contribution in [0, 0.1) is 6.92 Å². The van der Waals surface area contributed by atoms with Crippen LogP contribution in [-0.4, -0.2) is 25.7 Å². The molecule has 0 saturated heterocycles. The zero-order chi connectivity index (χ0) is 13.1. The van der Waals surface area contributed by atoms with E-state index in [0.29, 0.717) is 0 Å². The van der Waals surface area contributed by atoms with E-state index in [1.54, 1.807) is 31.2 Å². The first-order valence-corrected chi connectivity index (χ1v) is 7.61. The summed E-state index contributed by atoms with van der Waals surface area (Å²) in [5.41, 5.74) is 0.161. The molecule has 0 saturated carbocycles. The molecule has 6 heteroatoms. The van der Waals surface area contributed by atoms with Gasteiger partial charge >= 0.3 is 0 Å². The van der Waals surface area contributed by atoms with Gasteiger partial charge < -0.3 is 0 Å². The summed E-state index contributed by atoms with van der Waals surface area (Å²) in [6.45, 7) is 3.56. The molecule has 1 aromatic carbocycles. The van der Waals surface area contributed by atoms with Crippen molar-refractivity contribution in [2.45, 2.75) is 24.3 Å². The van der Waals surface area contributed by atoms with Crippen LogP contribution in [-0.2, 0) is 10.0 Å². The maximum atomic E-state index is 12.0. The highest BCUT2D eigenvalue weighted by atomic mass is 35.5. The number of sulfonamides is 1. The van der Waals surface area contributed by atoms with Gasteiger partial charge in [0.2, 0.25) is 10.0 Å². The highest BCUT2D eigenvalue weighted by molar-refractivity contribution is 7.89. The number of rotatable bonds is 5. The van der Waals surface area contributed by atoms with E-state index in [0.717, 1.165) is 5.56 Å². The number of alkyl halides is 2. The second kappa shape index (κ2) is 5.57. The Kier molecular flexibility index (Phi) is 4.84. The predicted octanol–water partition coefficient (Wildman–Crippen LogP) is 2.51. The van der Waals surface area contributed by atoms with Gasteiger partial charge in [-0.1, -0.05) is 17.7 Å². The summed E-state index contributed by atoms with van der Waals surface area (Å²) < 4.78 is 26.6. The van der Waals surface area contributed by atoms with Gasteiger partial charge in [0.1, 0.15) is 0 Å². The van der Waals surface area contributed by atoms with Crippen LogP contribution < -0.4 is 4.72 Å². The molecule has 0 heterocycles. The van der Waals surface area contributed by atoms with E-state index in [2.05, 4.69) is 4.72 Å². The zero-order valence-electron chi connectivity index (χ0n) is 9.70. The van der Waals surface area contributed by atoms with E-state index >= 15 is 0 Å². The fraction of sp³-hybridized carbons (Fsp3) is 0.455. The SMILES string of the molecule is Cc1ccc(S(=O)(=O)NC(C)(CCl)CCl)cc1. The van der Waals surface area contributed by atoms with Crippen LogP contribution in [0.25, 0.3) is 0 Å². The van der Waals surface area contributed by atoms with Crippen molar-refractivity contribution in [3.63, 3.8) is 0 Å². The molecule has 17 heavy (non-hydrogen) atoms. The van der Waals surface area contributed by atoms with Gasteiger partial charge in [-0.05, 0) is 26.0 Å². The molecule has 0 aliphatic carbocycles. The Balaban J connectivity index is 3.00. The molecule has 0 fully saturated rings. The normalized spacial score (nSPS) is 12.7. The molecule has 0 aromatic heterocycles. The summed E-state index contributed by atoms with van der Waals surface area (Å²) in [4.78, 5) is 0.213. The number of aryl methyl sites for hydroxylation is 1. The highest BCUT2D eigenvalue weighted by Gasteiger charge is 2.29. The first-order chi connectivity index (χ1) is 7.83. The van der Waals surface area contributed by atoms with Gasteiger partial charge in [0.05, 0.1) is 10.4 Å². The van der Waals surface area contributed by atoms with Crippen LogP contribution in [0.2, 0.25) is 0 Å². The maximum absolute atomic E-state index is 12.0. The van der Waals surface area contributed by atoms with Gasteiger partial charge in [0.15, 0.2) is 0 Å². The van der Waals surface area contributed by atoms with E-state index < -0.39 is 15.6 Å². The third-order valence-electron chi connectivity index (χ3n) is 2.30. The number of halogens is 2. The Hall–Kier alpha value is -0.290. The van der Waals surface area contributed by atoms with Gasteiger partial charge in [-0.15, -0.1) is 23.2 Å². The minimum absolute atomic E-state index is 0.113. The van der Waals surface area contributed by atoms with Crippen LogP contribution >= 0.6 is 23.2 Å². The van der Waals surface area contributed by atoms with Crippen LogP contribution in [0.15, 0.2) is 29.2 Å². The van der Waals surface area contributed by atoms with Crippen molar-refractivity contribution >= 4 is 33.2 Å². The Labute approximate surface area is 112 Å². The summed E-state index contributed by atoms with van der Waals surface area (Å²) in [6.07, 6.45) is 0. The second-order valence-electron chi connectivity index (χ2n) is 4.25. The number of hydrogen-bond donors (Lipinski definition) is 1. The van der Waals surface area contributed by atoms with Crippen LogP contribution in [0.3, 0.4) is 0 Å². The molecule has 0 atom stereocenters. The topological polar surface area (TPSA) is 46.2 Å². The van der Waals surface area contributed by atoms with Gasteiger partial charge in [-0.3, -0.25) is 0 Å². The molecule has 3 nitrogen and oxygen atoms in total. The van der Waals surface area contributed by atoms with Crippen molar-refractivity contribution in [1.29, 1.82) is 0 Å². The van der Waals surface area contributed by atoms with Gasteiger partial charge in [0, 0.05) is 11.8 Å². The molecule has 1 rings (SSSR count). The minimum Gasteiger partial charge on any atom is -0.207 e. The molecule has 0 bridgehead atoms. The van der Waals surface area contributed by atoms with E-state index in [9.17, 15) is 8.42 Å². The Bertz CT molecular complexity index is 467. The summed E-state index contributed by atoms with van der Waals surface area (Å²) >= 11 is 11.4. The molecule has 0 unspecified atom stereocenters. The standard InChI is InChI=1S/C11H15Cl2NO2S/c1-9-3-5-10(6-4-9)17(15,16)14-11(2,7-12)8-13/h3-6,14H,7-8H2,1-2H3. The predicted molar refractivity (Wildman–Crippen MR) is 71.3 cm³/mol.